The largest absolute Gasteiger partial charge is 0.404 e. The minimum atomic E-state index is -1.10. The van der Waals surface area contributed by atoms with Gasteiger partial charge in [-0.25, -0.2) is 0 Å². The van der Waals surface area contributed by atoms with Crippen LogP contribution in [0.15, 0.2) is 22.5 Å². The molecule has 0 radical (unpaired) electrons. The first kappa shape index (κ1) is 12.4. The molecular formula is C8H6N4O3. The van der Waals surface area contributed by atoms with Gasteiger partial charge < -0.3 is 15.2 Å². The van der Waals surface area contributed by atoms with E-state index in [9.17, 15) is 0 Å². The van der Waals surface area contributed by atoms with Crippen molar-refractivity contribution in [3.63, 3.8) is 0 Å². The van der Waals surface area contributed by atoms with Crippen molar-refractivity contribution in [1.82, 2.24) is 0 Å². The molecule has 7 nitrogen and oxygen atoms in total. The van der Waals surface area contributed by atoms with Crippen molar-refractivity contribution in [2.24, 2.45) is 10.3 Å². The Morgan fingerprint density at radius 2 is 1.40 bits per heavy atom. The van der Waals surface area contributed by atoms with Crippen molar-refractivity contribution in [2.45, 2.75) is 12.2 Å². The van der Waals surface area contributed by atoms with E-state index in [2.05, 4.69) is 10.3 Å². The molecule has 76 valence electrons. The van der Waals surface area contributed by atoms with Gasteiger partial charge in [0.25, 0.3) is 0 Å². The summed E-state index contributed by atoms with van der Waals surface area (Å²) < 4.78 is 4.85. The van der Waals surface area contributed by atoms with E-state index in [1.54, 1.807) is 12.1 Å². The quantitative estimate of drug-likeness (QED) is 0.381. The molecule has 0 saturated heterocycles. The molecule has 0 heterocycles. The average Bonchev–Trinajstić information content (AvgIpc) is 2.28. The number of hydrogen-bond donors (Lipinski definition) is 2. The van der Waals surface area contributed by atoms with Gasteiger partial charge in [-0.15, -0.1) is 0 Å². The molecule has 0 aromatic heterocycles. The Labute approximate surface area is 85.1 Å². The van der Waals surface area contributed by atoms with Crippen LogP contribution in [0.1, 0.15) is 0 Å². The third-order valence-electron chi connectivity index (χ3n) is 1.11. The van der Waals surface area contributed by atoms with Gasteiger partial charge in [0.05, 0.1) is 12.1 Å². The molecule has 0 aliphatic carbocycles. The van der Waals surface area contributed by atoms with Crippen LogP contribution in [0.25, 0.3) is 0 Å². The summed E-state index contributed by atoms with van der Waals surface area (Å²) >= 11 is 0. The molecule has 0 aromatic rings. The zero-order valence-electron chi connectivity index (χ0n) is 7.40. The second-order valence-electron chi connectivity index (χ2n) is 2.03. The lowest BCUT2D eigenvalue weighted by atomic mass is 10.3. The maximum atomic E-state index is 8.54. The molecule has 0 aliphatic heterocycles. The lowest BCUT2D eigenvalue weighted by Gasteiger charge is -2.05. The zero-order chi connectivity index (χ0) is 11.5. The van der Waals surface area contributed by atoms with Crippen LogP contribution in [0, 0.1) is 22.7 Å². The van der Waals surface area contributed by atoms with Gasteiger partial charge in [-0.2, -0.15) is 10.5 Å². The molecule has 2 atom stereocenters. The van der Waals surface area contributed by atoms with Gasteiger partial charge in [0.15, 0.2) is 12.2 Å². The van der Waals surface area contributed by atoms with Gasteiger partial charge in [0.1, 0.15) is 0 Å². The predicted octanol–water partition coefficient (Wildman–Crippen LogP) is 0.0176. The third kappa shape index (κ3) is 5.64. The summed E-state index contributed by atoms with van der Waals surface area (Å²) in [6.45, 7) is 0. The van der Waals surface area contributed by atoms with Crippen LogP contribution in [-0.2, 0) is 4.74 Å². The van der Waals surface area contributed by atoms with Gasteiger partial charge in [0.2, 0.25) is 0 Å². The Morgan fingerprint density at radius 3 is 1.67 bits per heavy atom. The number of hydrogen-bond acceptors (Lipinski definition) is 7. The number of rotatable bonds is 4. The predicted molar refractivity (Wildman–Crippen MR) is 47.5 cm³/mol. The topological polar surface area (TPSA) is 122 Å². The van der Waals surface area contributed by atoms with E-state index in [0.717, 1.165) is 12.2 Å². The summed E-state index contributed by atoms with van der Waals surface area (Å²) in [5.41, 5.74) is 0. The standard InChI is InChI=1S/C8H6N4O3/c9-5-7(1-3-11-13)15-8(6-10)2-4-12-14/h1-2,7-8,13-14H. The number of ether oxygens (including phenoxy) is 1. The normalized spacial score (nSPS) is 11.6. The van der Waals surface area contributed by atoms with E-state index in [-0.39, 0.29) is 0 Å². The molecule has 0 fully saturated rings. The van der Waals surface area contributed by atoms with Crippen LogP contribution in [0.2, 0.25) is 0 Å². The minimum absolute atomic E-state index is 1.02. The van der Waals surface area contributed by atoms with Gasteiger partial charge in [-0.1, -0.05) is 0 Å². The number of nitriles is 2. The van der Waals surface area contributed by atoms with Crippen molar-refractivity contribution < 1.29 is 15.2 Å². The Hall–Kier alpha value is -2.56. The first-order valence-electron chi connectivity index (χ1n) is 3.59. The van der Waals surface area contributed by atoms with E-state index in [1.165, 1.54) is 0 Å². The molecular weight excluding hydrogens is 200 g/mol. The van der Waals surface area contributed by atoms with Crippen LogP contribution in [0.3, 0.4) is 0 Å². The molecule has 2 unspecified atom stereocenters. The molecule has 0 bridgehead atoms. The molecule has 2 N–H and O–H groups in total. The monoisotopic (exact) mass is 206 g/mol. The highest BCUT2D eigenvalue weighted by atomic mass is 16.5. The molecule has 0 aliphatic rings. The Bertz CT molecular complexity index is 353. The maximum Gasteiger partial charge on any atom is 0.173 e. The minimum Gasteiger partial charge on any atom is -0.404 e. The smallest absolute Gasteiger partial charge is 0.173 e. The molecule has 0 aromatic carbocycles. The van der Waals surface area contributed by atoms with E-state index in [1.807, 2.05) is 11.7 Å². The Kier molecular flexibility index (Phi) is 6.68. The average molecular weight is 206 g/mol. The van der Waals surface area contributed by atoms with Crippen LogP contribution in [0.5, 0.6) is 0 Å². The summed E-state index contributed by atoms with van der Waals surface area (Å²) in [6, 6.07) is 3.35. The highest BCUT2D eigenvalue weighted by molar-refractivity contribution is 5.54. The lowest BCUT2D eigenvalue weighted by Crippen LogP contribution is -2.16. The molecule has 0 rings (SSSR count). The van der Waals surface area contributed by atoms with Crippen molar-refractivity contribution in [3.05, 3.63) is 12.2 Å². The molecule has 0 saturated carbocycles. The van der Waals surface area contributed by atoms with Gasteiger partial charge in [-0.05, 0) is 10.3 Å². The van der Waals surface area contributed by atoms with Crippen LogP contribution < -0.4 is 0 Å². The summed E-state index contributed by atoms with van der Waals surface area (Å²) in [4.78, 5) is 0. The lowest BCUT2D eigenvalue weighted by molar-refractivity contribution is 0.106. The third-order valence-corrected chi connectivity index (χ3v) is 1.11. The van der Waals surface area contributed by atoms with Crippen LogP contribution >= 0.6 is 0 Å². The van der Waals surface area contributed by atoms with Crippen LogP contribution in [-0.4, -0.2) is 34.4 Å². The van der Waals surface area contributed by atoms with Gasteiger partial charge >= 0.3 is 0 Å². The van der Waals surface area contributed by atoms with Gasteiger partial charge in [0, 0.05) is 23.9 Å². The Morgan fingerprint density at radius 1 is 1.00 bits per heavy atom. The first-order chi connectivity index (χ1) is 7.28. The second kappa shape index (κ2) is 8.06. The van der Waals surface area contributed by atoms with Crippen molar-refractivity contribution in [1.29, 1.82) is 10.5 Å². The second-order valence-corrected chi connectivity index (χ2v) is 2.03. The van der Waals surface area contributed by atoms with E-state index in [0.29, 0.717) is 0 Å². The van der Waals surface area contributed by atoms with E-state index >= 15 is 0 Å². The van der Waals surface area contributed by atoms with E-state index in [4.69, 9.17) is 25.7 Å². The fraction of sp³-hybridized carbons (Fsp3) is 0.250. The zero-order valence-corrected chi connectivity index (χ0v) is 7.40. The molecule has 0 spiro atoms. The fourth-order valence-electron chi connectivity index (χ4n) is 0.574. The maximum absolute atomic E-state index is 8.54. The molecule has 0 amide bonds. The Balaban J connectivity index is 4.54. The molecule has 15 heavy (non-hydrogen) atoms. The molecule has 7 heteroatoms. The fourth-order valence-corrected chi connectivity index (χ4v) is 0.574. The summed E-state index contributed by atoms with van der Waals surface area (Å²) in [6.07, 6.45) is -0.146. The van der Waals surface area contributed by atoms with Gasteiger partial charge in [-0.3, -0.25) is 0 Å². The summed E-state index contributed by atoms with van der Waals surface area (Å²) in [5, 5.41) is 38.2. The van der Waals surface area contributed by atoms with Crippen molar-refractivity contribution in [3.8, 4) is 12.1 Å². The van der Waals surface area contributed by atoms with Crippen molar-refractivity contribution in [2.75, 3.05) is 0 Å². The van der Waals surface area contributed by atoms with Crippen LogP contribution in [0.4, 0.5) is 0 Å². The number of nitrogens with zero attached hydrogens (tertiary/aromatic N) is 4. The van der Waals surface area contributed by atoms with E-state index < -0.39 is 12.2 Å². The summed E-state index contributed by atoms with van der Waals surface area (Å²) in [5.74, 6) is 3.95. The van der Waals surface area contributed by atoms with Crippen molar-refractivity contribution >= 4 is 11.7 Å². The highest BCUT2D eigenvalue weighted by Crippen LogP contribution is 1.98. The first-order valence-corrected chi connectivity index (χ1v) is 3.59. The highest BCUT2D eigenvalue weighted by Gasteiger charge is 2.10. The SMILES string of the molecule is N#CC(C=C=NO)OC(C#N)C=C=NO. The summed E-state index contributed by atoms with van der Waals surface area (Å²) in [7, 11) is 0.